The standard InChI is InChI=1S/C13H14F3NO4/c1-2-9(12(20)21)17-11(19)10(18)7-3-5-8(6-4-7)13(14,15)16/h3-6,9-10,18H,2H2,1H3,(H,17,19)(H,20,21)/t9-,10+/m1/s1. The van der Waals surface area contributed by atoms with Gasteiger partial charge in [-0.05, 0) is 24.1 Å². The van der Waals surface area contributed by atoms with Gasteiger partial charge in [-0.25, -0.2) is 4.79 Å². The lowest BCUT2D eigenvalue weighted by Crippen LogP contribution is -2.42. The van der Waals surface area contributed by atoms with Crippen LogP contribution in [0.1, 0.15) is 30.6 Å². The largest absolute Gasteiger partial charge is 0.480 e. The number of benzene rings is 1. The van der Waals surface area contributed by atoms with E-state index in [4.69, 9.17) is 5.11 Å². The van der Waals surface area contributed by atoms with Gasteiger partial charge in [0.25, 0.3) is 5.91 Å². The van der Waals surface area contributed by atoms with Crippen molar-refractivity contribution in [2.45, 2.75) is 31.7 Å². The summed E-state index contributed by atoms with van der Waals surface area (Å²) in [5, 5.41) is 20.6. The first kappa shape index (κ1) is 17.0. The predicted octanol–water partition coefficient (Wildman–Crippen LogP) is 1.72. The van der Waals surface area contributed by atoms with Crippen LogP contribution >= 0.6 is 0 Å². The molecule has 1 aromatic rings. The summed E-state index contributed by atoms with van der Waals surface area (Å²) in [6.07, 6.45) is -6.14. The Kier molecular flexibility index (Phi) is 5.31. The molecule has 0 heterocycles. The third-order valence-corrected chi connectivity index (χ3v) is 2.82. The zero-order chi connectivity index (χ0) is 16.2. The van der Waals surface area contributed by atoms with Crippen molar-refractivity contribution in [3.05, 3.63) is 35.4 Å². The van der Waals surface area contributed by atoms with Gasteiger partial charge in [0.05, 0.1) is 5.56 Å². The molecule has 1 rings (SSSR count). The minimum absolute atomic E-state index is 0.0549. The molecule has 0 aliphatic rings. The lowest BCUT2D eigenvalue weighted by molar-refractivity contribution is -0.143. The zero-order valence-electron chi connectivity index (χ0n) is 11.0. The van der Waals surface area contributed by atoms with Gasteiger partial charge in [-0.2, -0.15) is 13.2 Å². The zero-order valence-corrected chi connectivity index (χ0v) is 11.0. The van der Waals surface area contributed by atoms with Gasteiger partial charge >= 0.3 is 12.1 Å². The number of aliphatic hydroxyl groups is 1. The number of nitrogens with one attached hydrogen (secondary N) is 1. The molecule has 2 atom stereocenters. The molecular formula is C13H14F3NO4. The molecule has 3 N–H and O–H groups in total. The molecule has 0 fully saturated rings. The summed E-state index contributed by atoms with van der Waals surface area (Å²) in [6, 6.07) is 2.24. The number of aliphatic carboxylic acids is 1. The van der Waals surface area contributed by atoms with Crippen LogP contribution < -0.4 is 5.32 Å². The summed E-state index contributed by atoms with van der Waals surface area (Å²) in [6.45, 7) is 1.53. The molecule has 5 nitrogen and oxygen atoms in total. The highest BCUT2D eigenvalue weighted by Crippen LogP contribution is 2.29. The third kappa shape index (κ3) is 4.45. The lowest BCUT2D eigenvalue weighted by Gasteiger charge is -2.16. The van der Waals surface area contributed by atoms with E-state index in [0.717, 1.165) is 24.3 Å². The van der Waals surface area contributed by atoms with E-state index in [9.17, 15) is 27.9 Å². The molecule has 0 saturated carbocycles. The Bertz CT molecular complexity index is 513. The van der Waals surface area contributed by atoms with E-state index in [-0.39, 0.29) is 12.0 Å². The Morgan fingerprint density at radius 3 is 2.14 bits per heavy atom. The van der Waals surface area contributed by atoms with Crippen LogP contribution in [0.5, 0.6) is 0 Å². The van der Waals surface area contributed by atoms with Crippen molar-refractivity contribution >= 4 is 11.9 Å². The first-order valence-corrected chi connectivity index (χ1v) is 6.05. The van der Waals surface area contributed by atoms with Gasteiger partial charge in [0.15, 0.2) is 6.10 Å². The molecule has 0 radical (unpaired) electrons. The molecule has 21 heavy (non-hydrogen) atoms. The number of hydrogen-bond donors (Lipinski definition) is 3. The van der Waals surface area contributed by atoms with Crippen molar-refractivity contribution in [2.24, 2.45) is 0 Å². The van der Waals surface area contributed by atoms with Gasteiger partial charge in [0.2, 0.25) is 0 Å². The van der Waals surface area contributed by atoms with Crippen LogP contribution in [-0.2, 0) is 15.8 Å². The van der Waals surface area contributed by atoms with Gasteiger partial charge in [0, 0.05) is 0 Å². The van der Waals surface area contributed by atoms with Crippen LogP contribution in [0.3, 0.4) is 0 Å². The number of hydrogen-bond acceptors (Lipinski definition) is 3. The number of rotatable bonds is 5. The SMILES string of the molecule is CC[C@@H](NC(=O)[C@@H](O)c1ccc(C(F)(F)F)cc1)C(=O)O. The second-order valence-corrected chi connectivity index (χ2v) is 4.33. The topological polar surface area (TPSA) is 86.6 Å². The fourth-order valence-corrected chi connectivity index (χ4v) is 1.59. The monoisotopic (exact) mass is 305 g/mol. The number of halogens is 3. The van der Waals surface area contributed by atoms with E-state index in [2.05, 4.69) is 5.32 Å². The molecule has 1 aromatic carbocycles. The smallest absolute Gasteiger partial charge is 0.416 e. The molecule has 0 bridgehead atoms. The molecule has 0 saturated heterocycles. The first-order valence-electron chi connectivity index (χ1n) is 6.05. The number of alkyl halides is 3. The Morgan fingerprint density at radius 2 is 1.76 bits per heavy atom. The average molecular weight is 305 g/mol. The molecule has 116 valence electrons. The first-order chi connectivity index (χ1) is 9.66. The number of amides is 1. The fraction of sp³-hybridized carbons (Fsp3) is 0.385. The van der Waals surface area contributed by atoms with E-state index in [0.29, 0.717) is 0 Å². The van der Waals surface area contributed by atoms with Crippen LogP contribution in [-0.4, -0.2) is 28.1 Å². The maximum absolute atomic E-state index is 12.4. The second-order valence-electron chi connectivity index (χ2n) is 4.33. The van der Waals surface area contributed by atoms with Gasteiger partial charge in [-0.1, -0.05) is 19.1 Å². The molecule has 0 aromatic heterocycles. The number of carbonyl (C=O) groups excluding carboxylic acids is 1. The van der Waals surface area contributed by atoms with Crippen molar-refractivity contribution < 1.29 is 33.0 Å². The summed E-state index contributed by atoms with van der Waals surface area (Å²) in [4.78, 5) is 22.4. The van der Waals surface area contributed by atoms with Gasteiger partial charge in [-0.3, -0.25) is 4.79 Å². The number of carboxylic acid groups (broad SMARTS) is 1. The van der Waals surface area contributed by atoms with Crippen LogP contribution in [0, 0.1) is 0 Å². The molecular weight excluding hydrogens is 291 g/mol. The lowest BCUT2D eigenvalue weighted by atomic mass is 10.1. The number of aliphatic hydroxyl groups excluding tert-OH is 1. The minimum Gasteiger partial charge on any atom is -0.480 e. The van der Waals surface area contributed by atoms with Crippen LogP contribution in [0.2, 0.25) is 0 Å². The second kappa shape index (κ2) is 6.57. The maximum atomic E-state index is 12.4. The highest BCUT2D eigenvalue weighted by atomic mass is 19.4. The predicted molar refractivity (Wildman–Crippen MR) is 66.3 cm³/mol. The Morgan fingerprint density at radius 1 is 1.24 bits per heavy atom. The van der Waals surface area contributed by atoms with Crippen molar-refractivity contribution in [3.63, 3.8) is 0 Å². The van der Waals surface area contributed by atoms with Crippen molar-refractivity contribution in [3.8, 4) is 0 Å². The maximum Gasteiger partial charge on any atom is 0.416 e. The average Bonchev–Trinajstić information content (AvgIpc) is 2.42. The van der Waals surface area contributed by atoms with E-state index in [1.54, 1.807) is 0 Å². The van der Waals surface area contributed by atoms with Crippen molar-refractivity contribution in [1.29, 1.82) is 0 Å². The van der Waals surface area contributed by atoms with E-state index in [1.807, 2.05) is 0 Å². The minimum atomic E-state index is -4.51. The third-order valence-electron chi connectivity index (χ3n) is 2.82. The van der Waals surface area contributed by atoms with E-state index in [1.165, 1.54) is 6.92 Å². The van der Waals surface area contributed by atoms with Gasteiger partial charge in [0.1, 0.15) is 6.04 Å². The Hall–Kier alpha value is -2.09. The van der Waals surface area contributed by atoms with Crippen molar-refractivity contribution in [1.82, 2.24) is 5.32 Å². The summed E-state index contributed by atoms with van der Waals surface area (Å²) in [5.41, 5.74) is -0.962. The normalized spacial score (nSPS) is 14.3. The molecule has 0 unspecified atom stereocenters. The highest BCUT2D eigenvalue weighted by molar-refractivity contribution is 5.86. The quantitative estimate of drug-likeness (QED) is 0.773. The van der Waals surface area contributed by atoms with Crippen LogP contribution in [0.25, 0.3) is 0 Å². The van der Waals surface area contributed by atoms with Crippen LogP contribution in [0.15, 0.2) is 24.3 Å². The Balaban J connectivity index is 2.81. The van der Waals surface area contributed by atoms with Crippen molar-refractivity contribution in [2.75, 3.05) is 0 Å². The summed E-state index contributed by atoms with van der Waals surface area (Å²) < 4.78 is 37.1. The highest BCUT2D eigenvalue weighted by Gasteiger charge is 2.31. The molecule has 0 aliphatic carbocycles. The van der Waals surface area contributed by atoms with Crippen LogP contribution in [0.4, 0.5) is 13.2 Å². The van der Waals surface area contributed by atoms with Gasteiger partial charge < -0.3 is 15.5 Å². The molecule has 1 amide bonds. The molecule has 0 spiro atoms. The fourth-order valence-electron chi connectivity index (χ4n) is 1.59. The van der Waals surface area contributed by atoms with Gasteiger partial charge in [-0.15, -0.1) is 0 Å². The summed E-state index contributed by atoms with van der Waals surface area (Å²) in [7, 11) is 0. The Labute approximate surface area is 118 Å². The summed E-state index contributed by atoms with van der Waals surface area (Å²) >= 11 is 0. The van der Waals surface area contributed by atoms with E-state index >= 15 is 0 Å². The number of carboxylic acids is 1. The molecule has 0 aliphatic heterocycles. The summed E-state index contributed by atoms with van der Waals surface area (Å²) in [5.74, 6) is -2.24. The van der Waals surface area contributed by atoms with E-state index < -0.39 is 35.8 Å². The molecule has 8 heteroatoms. The number of carbonyl (C=O) groups is 2.